The molecule has 6 unspecified atom stereocenters. The van der Waals surface area contributed by atoms with E-state index in [4.69, 9.17) is 18.9 Å². The van der Waals surface area contributed by atoms with Gasteiger partial charge in [-0.05, 0) is 83.1 Å². The maximum absolute atomic E-state index is 11.7. The number of carbonyl (C=O) groups is 2. The van der Waals surface area contributed by atoms with Crippen LogP contribution in [-0.2, 0) is 19.1 Å². The highest BCUT2D eigenvalue weighted by Crippen LogP contribution is 2.95. The van der Waals surface area contributed by atoms with Crippen molar-refractivity contribution in [3.05, 3.63) is 23.3 Å². The molecule has 7 rings (SSSR count). The van der Waals surface area contributed by atoms with Crippen molar-refractivity contribution in [2.75, 3.05) is 27.4 Å². The number of rotatable bonds is 6. The summed E-state index contributed by atoms with van der Waals surface area (Å²) in [5, 5.41) is 0. The lowest BCUT2D eigenvalue weighted by molar-refractivity contribution is -0.371. The number of carbonyl (C=O) groups excluding carboxylic acids is 2. The molecule has 0 amide bonds. The largest absolute Gasteiger partial charge is 0.496 e. The van der Waals surface area contributed by atoms with Gasteiger partial charge >= 0.3 is 11.9 Å². The first-order chi connectivity index (χ1) is 17.2. The molecular formula is C30H38O6. The molecule has 1 aromatic rings. The second-order valence-electron chi connectivity index (χ2n) is 12.9. The monoisotopic (exact) mass is 494 g/mol. The van der Waals surface area contributed by atoms with Crippen molar-refractivity contribution in [1.82, 2.24) is 0 Å². The smallest absolute Gasteiger partial charge is 0.302 e. The molecule has 36 heavy (non-hydrogen) atoms. The molecule has 6 heteroatoms. The molecule has 0 N–H and O–H groups in total. The predicted octanol–water partition coefficient (Wildman–Crippen LogP) is 4.80. The first-order valence-electron chi connectivity index (χ1n) is 13.7. The second kappa shape index (κ2) is 7.20. The highest BCUT2D eigenvalue weighted by atomic mass is 16.5. The van der Waals surface area contributed by atoms with Crippen LogP contribution in [0.2, 0.25) is 0 Å². The van der Waals surface area contributed by atoms with Gasteiger partial charge in [-0.1, -0.05) is 13.8 Å². The molecule has 12 atom stereocenters. The predicted molar refractivity (Wildman–Crippen MR) is 132 cm³/mol. The summed E-state index contributed by atoms with van der Waals surface area (Å²) in [6, 6.07) is 4.17. The van der Waals surface area contributed by atoms with Crippen molar-refractivity contribution in [3.63, 3.8) is 0 Å². The summed E-state index contributed by atoms with van der Waals surface area (Å²) in [6.07, 6.45) is 2.38. The van der Waals surface area contributed by atoms with E-state index in [2.05, 4.69) is 26.0 Å². The number of fused-ring (bicyclic) bond motifs is 18. The third-order valence-electron chi connectivity index (χ3n) is 12.5. The number of benzene rings is 1. The Hall–Kier alpha value is -2.24. The lowest BCUT2D eigenvalue weighted by Gasteiger charge is -2.84. The minimum Gasteiger partial charge on any atom is -0.496 e. The van der Waals surface area contributed by atoms with Crippen LogP contribution in [0.15, 0.2) is 12.1 Å². The van der Waals surface area contributed by atoms with E-state index in [1.54, 1.807) is 14.2 Å². The van der Waals surface area contributed by atoms with Crippen LogP contribution < -0.4 is 9.47 Å². The van der Waals surface area contributed by atoms with Crippen LogP contribution in [0.3, 0.4) is 0 Å². The third-order valence-corrected chi connectivity index (χ3v) is 12.5. The van der Waals surface area contributed by atoms with Crippen molar-refractivity contribution < 1.29 is 28.5 Å². The highest BCUT2D eigenvalue weighted by Gasteiger charge is 2.90. The fourth-order valence-corrected chi connectivity index (χ4v) is 11.9. The molecule has 0 radical (unpaired) electrons. The Labute approximate surface area is 213 Å². The van der Waals surface area contributed by atoms with Gasteiger partial charge in [0.1, 0.15) is 11.5 Å². The first-order valence-corrected chi connectivity index (χ1v) is 13.7. The van der Waals surface area contributed by atoms with Crippen LogP contribution >= 0.6 is 0 Å². The molecule has 5 fully saturated rings. The summed E-state index contributed by atoms with van der Waals surface area (Å²) < 4.78 is 22.9. The molecule has 0 spiro atoms. The molecule has 6 aliphatic carbocycles. The van der Waals surface area contributed by atoms with Crippen LogP contribution in [0, 0.1) is 58.2 Å². The number of esters is 2. The zero-order valence-corrected chi connectivity index (χ0v) is 22.2. The minimum atomic E-state index is -0.223. The van der Waals surface area contributed by atoms with E-state index in [0.717, 1.165) is 11.5 Å². The summed E-state index contributed by atoms with van der Waals surface area (Å²) in [7, 11) is 3.58. The van der Waals surface area contributed by atoms with Crippen molar-refractivity contribution >= 4 is 11.9 Å². The zero-order chi connectivity index (χ0) is 25.3. The lowest BCUT2D eigenvalue weighted by atomic mass is 9.19. The van der Waals surface area contributed by atoms with Gasteiger partial charge in [0.05, 0.1) is 27.4 Å². The highest BCUT2D eigenvalue weighted by molar-refractivity contribution is 5.66. The van der Waals surface area contributed by atoms with E-state index < -0.39 is 0 Å². The maximum atomic E-state index is 11.7. The number of hydrogen-bond acceptors (Lipinski definition) is 6. The average Bonchev–Trinajstić information content (AvgIpc) is 3.60. The van der Waals surface area contributed by atoms with Gasteiger partial charge in [0.15, 0.2) is 0 Å². The molecule has 194 valence electrons. The Kier molecular flexibility index (Phi) is 4.58. The summed E-state index contributed by atoms with van der Waals surface area (Å²) in [6.45, 7) is 9.03. The number of methoxy groups -OCH3 is 2. The molecule has 5 saturated carbocycles. The SMILES string of the molecule is COc1ccc(OC)c2c1C1C[C@@H]2C2C1C1(C)C3C([C@@H]4C[C@H]3[C@@H](COC(C)=O)[C@H]4COC(C)=O)[C@]21C. The quantitative estimate of drug-likeness (QED) is 0.418. The van der Waals surface area contributed by atoms with Gasteiger partial charge in [-0.15, -0.1) is 0 Å². The summed E-state index contributed by atoms with van der Waals surface area (Å²) in [5.74, 6) is 6.92. The molecule has 0 aliphatic heterocycles. The van der Waals surface area contributed by atoms with Gasteiger partial charge in [-0.25, -0.2) is 0 Å². The topological polar surface area (TPSA) is 71.1 Å². The average molecular weight is 495 g/mol. The summed E-state index contributed by atoms with van der Waals surface area (Å²) >= 11 is 0. The van der Waals surface area contributed by atoms with E-state index in [-0.39, 0.29) is 34.6 Å². The number of hydrogen-bond donors (Lipinski definition) is 0. The molecule has 1 aromatic carbocycles. The molecule has 0 saturated heterocycles. The maximum Gasteiger partial charge on any atom is 0.302 e. The normalized spacial score (nSPS) is 47.6. The van der Waals surface area contributed by atoms with E-state index in [0.29, 0.717) is 60.6 Å². The van der Waals surface area contributed by atoms with Gasteiger partial charge in [0.25, 0.3) is 0 Å². The van der Waals surface area contributed by atoms with Gasteiger partial charge in [-0.3, -0.25) is 9.59 Å². The van der Waals surface area contributed by atoms with Crippen molar-refractivity contribution in [2.45, 2.75) is 52.4 Å². The van der Waals surface area contributed by atoms with Crippen LogP contribution in [0.25, 0.3) is 0 Å². The van der Waals surface area contributed by atoms with Crippen LogP contribution in [0.5, 0.6) is 11.5 Å². The second-order valence-corrected chi connectivity index (χ2v) is 12.9. The van der Waals surface area contributed by atoms with Crippen molar-refractivity contribution in [2.24, 2.45) is 58.2 Å². The summed E-state index contributed by atoms with van der Waals surface area (Å²) in [5.41, 5.74) is 3.38. The summed E-state index contributed by atoms with van der Waals surface area (Å²) in [4.78, 5) is 23.4. The van der Waals surface area contributed by atoms with E-state index in [1.807, 2.05) is 0 Å². The minimum absolute atomic E-state index is 0.223. The molecule has 6 aliphatic rings. The zero-order valence-electron chi connectivity index (χ0n) is 22.2. The Bertz CT molecular complexity index is 1070. The number of ether oxygens (including phenoxy) is 4. The fourth-order valence-electron chi connectivity index (χ4n) is 11.9. The Morgan fingerprint density at radius 2 is 1.17 bits per heavy atom. The molecule has 6 nitrogen and oxygen atoms in total. The Morgan fingerprint density at radius 3 is 1.53 bits per heavy atom. The van der Waals surface area contributed by atoms with Crippen LogP contribution in [0.4, 0.5) is 0 Å². The fraction of sp³-hybridized carbons (Fsp3) is 0.733. The van der Waals surface area contributed by atoms with E-state index in [1.165, 1.54) is 37.8 Å². The standard InChI is InChI=1S/C30H38O6/c1-13(31)35-11-19-15-9-16(20(19)12-36-14(2)32)26-25(15)29(3)27-17-10-18(28(27)30(26,29)4)24-22(34-6)8-7-21(33-5)23(17)24/h7-8,15-20,25-28H,9-12H2,1-6H3/t15-,16+,17+,18?,19+,20-,25?,26?,27?,28?,29-,30?/m1/s1. The Balaban J connectivity index is 1.26. The van der Waals surface area contributed by atoms with Crippen molar-refractivity contribution in [3.8, 4) is 11.5 Å². The van der Waals surface area contributed by atoms with Gasteiger partial charge in [0, 0.05) is 36.8 Å². The van der Waals surface area contributed by atoms with Crippen LogP contribution in [0.1, 0.15) is 63.5 Å². The molecule has 0 heterocycles. The third kappa shape index (κ3) is 2.32. The van der Waals surface area contributed by atoms with Crippen LogP contribution in [-0.4, -0.2) is 39.4 Å². The molecular weight excluding hydrogens is 456 g/mol. The van der Waals surface area contributed by atoms with E-state index >= 15 is 0 Å². The van der Waals surface area contributed by atoms with Crippen molar-refractivity contribution in [1.29, 1.82) is 0 Å². The van der Waals surface area contributed by atoms with Gasteiger partial charge in [-0.2, -0.15) is 0 Å². The van der Waals surface area contributed by atoms with Gasteiger partial charge < -0.3 is 18.9 Å². The van der Waals surface area contributed by atoms with Gasteiger partial charge in [0.2, 0.25) is 0 Å². The van der Waals surface area contributed by atoms with E-state index in [9.17, 15) is 9.59 Å². The molecule has 4 bridgehead atoms. The molecule has 0 aromatic heterocycles. The Morgan fingerprint density at radius 1 is 0.750 bits per heavy atom. The first kappa shape index (κ1) is 22.9. The lowest BCUT2D eigenvalue weighted by Crippen LogP contribution is -2.81.